The van der Waals surface area contributed by atoms with Gasteiger partial charge in [-0.25, -0.2) is 4.79 Å². The van der Waals surface area contributed by atoms with Crippen LogP contribution in [0.1, 0.15) is 5.56 Å². The summed E-state index contributed by atoms with van der Waals surface area (Å²) >= 11 is 3.40. The molecule has 10 heteroatoms. The zero-order valence-corrected chi connectivity index (χ0v) is 16.1. The topological polar surface area (TPSA) is 112 Å². The summed E-state index contributed by atoms with van der Waals surface area (Å²) in [5.41, 5.74) is 4.06. The summed E-state index contributed by atoms with van der Waals surface area (Å²) in [5.74, 6) is 0.278. The second-order valence-corrected chi connectivity index (χ2v) is 5.92. The molecule has 0 amide bonds. The Labute approximate surface area is 163 Å². The number of hydrogen-bond donors (Lipinski definition) is 1. The van der Waals surface area contributed by atoms with Gasteiger partial charge < -0.3 is 14.2 Å². The minimum Gasteiger partial charge on any atom is -0.493 e. The van der Waals surface area contributed by atoms with Gasteiger partial charge in [0, 0.05) is 22.2 Å². The molecule has 0 atom stereocenters. The van der Waals surface area contributed by atoms with Crippen molar-refractivity contribution >= 4 is 39.5 Å². The first kappa shape index (κ1) is 20.2. The number of carbonyl (C=O) groups is 1. The number of ether oxygens (including phenoxy) is 3. The van der Waals surface area contributed by atoms with Crippen LogP contribution in [0, 0.1) is 10.1 Å². The number of hydrazone groups is 1. The van der Waals surface area contributed by atoms with Crippen molar-refractivity contribution in [1.82, 2.24) is 0 Å². The van der Waals surface area contributed by atoms with Crippen molar-refractivity contribution in [2.24, 2.45) is 5.10 Å². The van der Waals surface area contributed by atoms with E-state index < -0.39 is 10.9 Å². The van der Waals surface area contributed by atoms with Crippen LogP contribution in [-0.2, 0) is 9.53 Å². The van der Waals surface area contributed by atoms with Gasteiger partial charge in [0.25, 0.3) is 5.69 Å². The summed E-state index contributed by atoms with van der Waals surface area (Å²) in [6.45, 7) is -0.242. The number of nitrogens with zero attached hydrogens (tertiary/aromatic N) is 2. The number of nitrogens with one attached hydrogen (secondary N) is 1. The molecule has 0 bridgehead atoms. The van der Waals surface area contributed by atoms with E-state index in [2.05, 4.69) is 31.2 Å². The Morgan fingerprint density at radius 2 is 1.96 bits per heavy atom. The van der Waals surface area contributed by atoms with Gasteiger partial charge in [0.15, 0.2) is 18.1 Å². The number of non-ortho nitro benzene ring substituents is 1. The van der Waals surface area contributed by atoms with Gasteiger partial charge >= 0.3 is 5.97 Å². The Bertz CT molecular complexity index is 854. The van der Waals surface area contributed by atoms with Crippen LogP contribution in [0.3, 0.4) is 0 Å². The molecule has 0 aliphatic carbocycles. The second kappa shape index (κ2) is 9.53. The van der Waals surface area contributed by atoms with Gasteiger partial charge in [0.1, 0.15) is 0 Å². The van der Waals surface area contributed by atoms with Crippen molar-refractivity contribution in [3.05, 3.63) is 56.5 Å². The maximum Gasteiger partial charge on any atom is 0.343 e. The average molecular weight is 438 g/mol. The van der Waals surface area contributed by atoms with Gasteiger partial charge in [-0.05, 0) is 40.2 Å². The third-order valence-corrected chi connectivity index (χ3v) is 4.02. The number of benzene rings is 2. The molecule has 0 heterocycles. The third-order valence-electron chi connectivity index (χ3n) is 3.33. The van der Waals surface area contributed by atoms with E-state index in [1.54, 1.807) is 24.3 Å². The van der Waals surface area contributed by atoms with Crippen molar-refractivity contribution in [3.8, 4) is 11.5 Å². The Kier molecular flexibility index (Phi) is 7.12. The molecular weight excluding hydrogens is 422 g/mol. The number of esters is 1. The van der Waals surface area contributed by atoms with Gasteiger partial charge in [-0.1, -0.05) is 0 Å². The van der Waals surface area contributed by atoms with Crippen molar-refractivity contribution in [2.45, 2.75) is 0 Å². The maximum atomic E-state index is 11.2. The standard InChI is InChI=1S/C17H16BrN3O6/c1-25-15-7-11(14(18)8-16(15)27-10-17(22)26-2)9-19-20-12-3-5-13(6-4-12)21(23)24/h3-9,20H,10H2,1-2H3/b19-9+. The van der Waals surface area contributed by atoms with E-state index in [1.807, 2.05) is 0 Å². The highest BCUT2D eigenvalue weighted by Crippen LogP contribution is 2.33. The predicted octanol–water partition coefficient (Wildman–Crippen LogP) is 3.36. The lowest BCUT2D eigenvalue weighted by Crippen LogP contribution is -2.13. The number of halogens is 1. The minimum absolute atomic E-state index is 0.000413. The molecule has 142 valence electrons. The van der Waals surface area contributed by atoms with Crippen molar-refractivity contribution in [3.63, 3.8) is 0 Å². The SMILES string of the molecule is COC(=O)COc1cc(Br)c(/C=N/Nc2ccc([N+](=O)[O-])cc2)cc1OC. The molecule has 0 spiro atoms. The number of rotatable bonds is 8. The van der Waals surface area contributed by atoms with Gasteiger partial charge in [-0.15, -0.1) is 0 Å². The van der Waals surface area contributed by atoms with E-state index in [4.69, 9.17) is 9.47 Å². The van der Waals surface area contributed by atoms with E-state index in [-0.39, 0.29) is 12.3 Å². The van der Waals surface area contributed by atoms with Gasteiger partial charge in [-0.3, -0.25) is 15.5 Å². The van der Waals surface area contributed by atoms with Crippen LogP contribution in [0.2, 0.25) is 0 Å². The number of carbonyl (C=O) groups excluding carboxylic acids is 1. The summed E-state index contributed by atoms with van der Waals surface area (Å²) in [4.78, 5) is 21.4. The number of anilines is 1. The van der Waals surface area contributed by atoms with Crippen LogP contribution in [0.4, 0.5) is 11.4 Å². The molecule has 0 saturated heterocycles. The van der Waals surface area contributed by atoms with Crippen LogP contribution >= 0.6 is 15.9 Å². The zero-order chi connectivity index (χ0) is 19.8. The van der Waals surface area contributed by atoms with Crippen LogP contribution in [-0.4, -0.2) is 37.9 Å². The third kappa shape index (κ3) is 5.68. The highest BCUT2D eigenvalue weighted by Gasteiger charge is 2.11. The number of nitro benzene ring substituents is 1. The molecule has 0 saturated carbocycles. The van der Waals surface area contributed by atoms with Crippen LogP contribution in [0.25, 0.3) is 0 Å². The first-order valence-electron chi connectivity index (χ1n) is 7.55. The van der Waals surface area contributed by atoms with Gasteiger partial charge in [0.05, 0.1) is 31.0 Å². The largest absolute Gasteiger partial charge is 0.493 e. The molecule has 2 aromatic rings. The summed E-state index contributed by atoms with van der Waals surface area (Å²) < 4.78 is 15.8. The van der Waals surface area contributed by atoms with Crippen LogP contribution < -0.4 is 14.9 Å². The Morgan fingerprint density at radius 3 is 2.56 bits per heavy atom. The van der Waals surface area contributed by atoms with Crippen molar-refractivity contribution < 1.29 is 23.9 Å². The highest BCUT2D eigenvalue weighted by molar-refractivity contribution is 9.10. The molecule has 0 aliphatic rings. The van der Waals surface area contributed by atoms with E-state index in [1.165, 1.54) is 32.6 Å². The molecule has 0 aliphatic heterocycles. The van der Waals surface area contributed by atoms with Crippen LogP contribution in [0.5, 0.6) is 11.5 Å². The van der Waals surface area contributed by atoms with E-state index in [0.29, 0.717) is 27.2 Å². The summed E-state index contributed by atoms with van der Waals surface area (Å²) in [6.07, 6.45) is 1.54. The molecule has 1 N–H and O–H groups in total. The van der Waals surface area contributed by atoms with Crippen molar-refractivity contribution in [1.29, 1.82) is 0 Å². The number of nitro groups is 1. The Hall–Kier alpha value is -3.14. The van der Waals surface area contributed by atoms with Crippen molar-refractivity contribution in [2.75, 3.05) is 26.3 Å². The summed E-state index contributed by atoms with van der Waals surface area (Å²) in [5, 5.41) is 14.7. The second-order valence-electron chi connectivity index (χ2n) is 5.06. The lowest BCUT2D eigenvalue weighted by Gasteiger charge is -2.11. The molecule has 0 fully saturated rings. The Balaban J connectivity index is 2.09. The van der Waals surface area contributed by atoms with E-state index >= 15 is 0 Å². The lowest BCUT2D eigenvalue weighted by atomic mass is 10.2. The van der Waals surface area contributed by atoms with Gasteiger partial charge in [-0.2, -0.15) is 5.10 Å². The molecule has 27 heavy (non-hydrogen) atoms. The predicted molar refractivity (Wildman–Crippen MR) is 103 cm³/mol. The molecule has 0 unspecified atom stereocenters. The first-order valence-corrected chi connectivity index (χ1v) is 8.34. The first-order chi connectivity index (χ1) is 12.9. The number of hydrogen-bond acceptors (Lipinski definition) is 8. The molecular formula is C17H16BrN3O6. The molecule has 0 radical (unpaired) electrons. The fourth-order valence-corrected chi connectivity index (χ4v) is 2.38. The smallest absolute Gasteiger partial charge is 0.343 e. The lowest BCUT2D eigenvalue weighted by molar-refractivity contribution is -0.384. The normalized spacial score (nSPS) is 10.5. The molecule has 2 rings (SSSR count). The average Bonchev–Trinajstić information content (AvgIpc) is 2.67. The molecule has 2 aromatic carbocycles. The number of methoxy groups -OCH3 is 2. The fraction of sp³-hybridized carbons (Fsp3) is 0.176. The Morgan fingerprint density at radius 1 is 1.26 bits per heavy atom. The monoisotopic (exact) mass is 437 g/mol. The fourth-order valence-electron chi connectivity index (χ4n) is 1.95. The summed E-state index contributed by atoms with van der Waals surface area (Å²) in [7, 11) is 2.75. The summed E-state index contributed by atoms with van der Waals surface area (Å²) in [6, 6.07) is 9.19. The molecule has 0 aromatic heterocycles. The minimum atomic E-state index is -0.508. The quantitative estimate of drug-likeness (QED) is 0.291. The molecule has 9 nitrogen and oxygen atoms in total. The maximum absolute atomic E-state index is 11.2. The highest BCUT2D eigenvalue weighted by atomic mass is 79.9. The van der Waals surface area contributed by atoms with Crippen LogP contribution in [0.15, 0.2) is 46.0 Å². The van der Waals surface area contributed by atoms with E-state index in [9.17, 15) is 14.9 Å². The zero-order valence-electron chi connectivity index (χ0n) is 14.5. The van der Waals surface area contributed by atoms with E-state index in [0.717, 1.165) is 0 Å². The van der Waals surface area contributed by atoms with Gasteiger partial charge in [0.2, 0.25) is 0 Å².